The fraction of sp³-hybridized carbons (Fsp3) is 0.231. The van der Waals surface area contributed by atoms with Crippen LogP contribution in [0.3, 0.4) is 0 Å². The molecule has 1 aromatic heterocycles. The molecule has 0 saturated carbocycles. The Morgan fingerprint density at radius 1 is 1.06 bits per heavy atom. The van der Waals surface area contributed by atoms with E-state index in [1.807, 2.05) is 0 Å². The summed E-state index contributed by atoms with van der Waals surface area (Å²) in [6, 6.07) is 7.63. The molecule has 5 heteroatoms. The molecule has 1 N–H and O–H groups in total. The molecule has 0 saturated heterocycles. The van der Waals surface area contributed by atoms with E-state index in [0.29, 0.717) is 21.6 Å². The van der Waals surface area contributed by atoms with E-state index in [1.54, 1.807) is 23.5 Å². The van der Waals surface area contributed by atoms with Crippen LogP contribution in [0.5, 0.6) is 0 Å². The zero-order chi connectivity index (χ0) is 13.1. The standard InChI is InChI=1S/C13H12Cl3NS/c1-2-9-3-4-10(18-9)7-17-13-11(15)5-8(14)6-12(13)16/h3-6,17H,2,7H2,1H3. The molecule has 1 heterocycles. The Labute approximate surface area is 126 Å². The first-order valence-corrected chi connectivity index (χ1v) is 7.51. The number of benzene rings is 1. The minimum absolute atomic E-state index is 0.541. The molecule has 0 amide bonds. The summed E-state index contributed by atoms with van der Waals surface area (Å²) in [5.41, 5.74) is 0.731. The zero-order valence-electron chi connectivity index (χ0n) is 9.77. The fourth-order valence-electron chi connectivity index (χ4n) is 1.59. The molecule has 0 radical (unpaired) electrons. The van der Waals surface area contributed by atoms with E-state index in [2.05, 4.69) is 24.4 Å². The van der Waals surface area contributed by atoms with Crippen molar-refractivity contribution in [1.82, 2.24) is 0 Å². The summed E-state index contributed by atoms with van der Waals surface area (Å²) in [5, 5.41) is 4.87. The normalized spacial score (nSPS) is 10.7. The van der Waals surface area contributed by atoms with Crippen LogP contribution in [0.2, 0.25) is 15.1 Å². The molecule has 0 aliphatic carbocycles. The first kappa shape index (κ1) is 14.0. The second kappa shape index (κ2) is 6.16. The lowest BCUT2D eigenvalue weighted by atomic mass is 10.3. The quantitative estimate of drug-likeness (QED) is 0.741. The van der Waals surface area contributed by atoms with Crippen molar-refractivity contribution < 1.29 is 0 Å². The van der Waals surface area contributed by atoms with Gasteiger partial charge in [-0.3, -0.25) is 0 Å². The Morgan fingerprint density at radius 2 is 1.67 bits per heavy atom. The van der Waals surface area contributed by atoms with Gasteiger partial charge >= 0.3 is 0 Å². The largest absolute Gasteiger partial charge is 0.378 e. The third-order valence-corrected chi connectivity index (χ3v) is 4.56. The number of nitrogens with one attached hydrogen (secondary N) is 1. The third kappa shape index (κ3) is 3.33. The molecule has 2 rings (SSSR count). The average Bonchev–Trinajstić information content (AvgIpc) is 2.75. The maximum Gasteiger partial charge on any atom is 0.0722 e. The average molecular weight is 321 g/mol. The first-order valence-electron chi connectivity index (χ1n) is 5.56. The van der Waals surface area contributed by atoms with Crippen LogP contribution in [0, 0.1) is 0 Å². The molecule has 1 aromatic carbocycles. The maximum absolute atomic E-state index is 6.11. The van der Waals surface area contributed by atoms with Crippen molar-refractivity contribution >= 4 is 51.8 Å². The van der Waals surface area contributed by atoms with E-state index >= 15 is 0 Å². The molecule has 0 aliphatic heterocycles. The summed E-state index contributed by atoms with van der Waals surface area (Å²) in [6.07, 6.45) is 1.06. The highest BCUT2D eigenvalue weighted by atomic mass is 35.5. The number of hydrogen-bond acceptors (Lipinski definition) is 2. The highest BCUT2D eigenvalue weighted by molar-refractivity contribution is 7.12. The third-order valence-electron chi connectivity index (χ3n) is 2.51. The smallest absolute Gasteiger partial charge is 0.0722 e. The summed E-state index contributed by atoms with van der Waals surface area (Å²) in [7, 11) is 0. The highest BCUT2D eigenvalue weighted by Gasteiger charge is 2.08. The molecule has 0 unspecified atom stereocenters. The molecular weight excluding hydrogens is 309 g/mol. The summed E-state index contributed by atoms with van der Waals surface area (Å²) < 4.78 is 0. The van der Waals surface area contributed by atoms with Crippen LogP contribution in [-0.4, -0.2) is 0 Å². The molecule has 2 aromatic rings. The van der Waals surface area contributed by atoms with Gasteiger partial charge in [-0.1, -0.05) is 41.7 Å². The van der Waals surface area contributed by atoms with Crippen LogP contribution in [0.15, 0.2) is 24.3 Å². The second-order valence-corrected chi connectivity index (χ2v) is 6.32. The van der Waals surface area contributed by atoms with Crippen molar-refractivity contribution in [1.29, 1.82) is 0 Å². The van der Waals surface area contributed by atoms with E-state index in [-0.39, 0.29) is 0 Å². The van der Waals surface area contributed by atoms with Crippen molar-refractivity contribution in [2.45, 2.75) is 19.9 Å². The minimum Gasteiger partial charge on any atom is -0.378 e. The lowest BCUT2D eigenvalue weighted by Gasteiger charge is -2.09. The van der Waals surface area contributed by atoms with Gasteiger partial charge in [0.05, 0.1) is 15.7 Å². The predicted molar refractivity (Wildman–Crippen MR) is 82.5 cm³/mol. The van der Waals surface area contributed by atoms with Crippen molar-refractivity contribution in [3.63, 3.8) is 0 Å². The van der Waals surface area contributed by atoms with Crippen LogP contribution in [0.1, 0.15) is 16.7 Å². The number of anilines is 1. The highest BCUT2D eigenvalue weighted by Crippen LogP contribution is 2.34. The summed E-state index contributed by atoms with van der Waals surface area (Å²) in [5.74, 6) is 0. The van der Waals surface area contributed by atoms with Gasteiger partial charge in [-0.15, -0.1) is 11.3 Å². The molecule has 96 valence electrons. The Hall–Kier alpha value is -0.410. The summed E-state index contributed by atoms with van der Waals surface area (Å²) in [6.45, 7) is 2.86. The second-order valence-electron chi connectivity index (χ2n) is 3.82. The van der Waals surface area contributed by atoms with Crippen molar-refractivity contribution in [3.8, 4) is 0 Å². The van der Waals surface area contributed by atoms with Gasteiger partial charge in [0, 0.05) is 21.3 Å². The molecule has 0 atom stereocenters. The van der Waals surface area contributed by atoms with Gasteiger partial charge < -0.3 is 5.32 Å². The van der Waals surface area contributed by atoms with Crippen LogP contribution >= 0.6 is 46.1 Å². The number of thiophene rings is 1. The van der Waals surface area contributed by atoms with Crippen molar-refractivity contribution in [2.24, 2.45) is 0 Å². The van der Waals surface area contributed by atoms with Crippen LogP contribution in [-0.2, 0) is 13.0 Å². The Bertz CT molecular complexity index is 528. The predicted octanol–water partition coefficient (Wildman–Crippen LogP) is 5.88. The lowest BCUT2D eigenvalue weighted by Crippen LogP contribution is -1.98. The lowest BCUT2D eigenvalue weighted by molar-refractivity contribution is 1.19. The van der Waals surface area contributed by atoms with Crippen LogP contribution in [0.25, 0.3) is 0 Å². The zero-order valence-corrected chi connectivity index (χ0v) is 12.9. The Kier molecular flexibility index (Phi) is 4.79. The number of halogens is 3. The van der Waals surface area contributed by atoms with E-state index in [1.165, 1.54) is 9.75 Å². The van der Waals surface area contributed by atoms with Gasteiger partial charge in [0.25, 0.3) is 0 Å². The van der Waals surface area contributed by atoms with Crippen molar-refractivity contribution in [3.05, 3.63) is 49.1 Å². The van der Waals surface area contributed by atoms with Crippen molar-refractivity contribution in [2.75, 3.05) is 5.32 Å². The number of hydrogen-bond donors (Lipinski definition) is 1. The molecule has 0 aliphatic rings. The SMILES string of the molecule is CCc1ccc(CNc2c(Cl)cc(Cl)cc2Cl)s1. The van der Waals surface area contributed by atoms with Gasteiger partial charge in [-0.2, -0.15) is 0 Å². The van der Waals surface area contributed by atoms with Gasteiger partial charge in [0.1, 0.15) is 0 Å². The Balaban J connectivity index is 2.10. The summed E-state index contributed by atoms with van der Waals surface area (Å²) in [4.78, 5) is 2.63. The van der Waals surface area contributed by atoms with Gasteiger partial charge in [-0.05, 0) is 30.7 Å². The first-order chi connectivity index (χ1) is 8.60. The minimum atomic E-state index is 0.541. The van der Waals surface area contributed by atoms with Gasteiger partial charge in [0.15, 0.2) is 0 Å². The maximum atomic E-state index is 6.11. The van der Waals surface area contributed by atoms with Gasteiger partial charge in [0.2, 0.25) is 0 Å². The van der Waals surface area contributed by atoms with E-state index in [4.69, 9.17) is 34.8 Å². The fourth-order valence-corrected chi connectivity index (χ4v) is 3.44. The molecule has 18 heavy (non-hydrogen) atoms. The monoisotopic (exact) mass is 319 g/mol. The molecule has 0 bridgehead atoms. The number of aryl methyl sites for hydroxylation is 1. The molecular formula is C13H12Cl3NS. The van der Waals surface area contributed by atoms with E-state index < -0.39 is 0 Å². The molecule has 1 nitrogen and oxygen atoms in total. The Morgan fingerprint density at radius 3 is 2.22 bits per heavy atom. The van der Waals surface area contributed by atoms with E-state index in [0.717, 1.165) is 12.1 Å². The molecule has 0 spiro atoms. The van der Waals surface area contributed by atoms with E-state index in [9.17, 15) is 0 Å². The molecule has 0 fully saturated rings. The van der Waals surface area contributed by atoms with Crippen LogP contribution < -0.4 is 5.32 Å². The number of rotatable bonds is 4. The topological polar surface area (TPSA) is 12.0 Å². The van der Waals surface area contributed by atoms with Gasteiger partial charge in [-0.25, -0.2) is 0 Å². The summed E-state index contributed by atoms with van der Waals surface area (Å²) >= 11 is 19.9. The van der Waals surface area contributed by atoms with Crippen LogP contribution in [0.4, 0.5) is 5.69 Å².